The molecule has 6 nitrogen and oxygen atoms in total. The van der Waals surface area contributed by atoms with Crippen LogP contribution in [0.15, 0.2) is 24.3 Å². The second-order valence-electron chi connectivity index (χ2n) is 4.57. The molecule has 0 radical (unpaired) electrons. The summed E-state index contributed by atoms with van der Waals surface area (Å²) in [5.74, 6) is -0.309. The molecule has 1 aromatic rings. The number of amides is 1. The van der Waals surface area contributed by atoms with Gasteiger partial charge < -0.3 is 19.5 Å². The van der Waals surface area contributed by atoms with Crippen molar-refractivity contribution in [3.63, 3.8) is 0 Å². The Balaban J connectivity index is 3.06. The second kappa shape index (κ2) is 7.33. The van der Waals surface area contributed by atoms with Crippen LogP contribution in [-0.4, -0.2) is 49.2 Å². The Kier molecular flexibility index (Phi) is 5.78. The van der Waals surface area contributed by atoms with E-state index < -0.39 is 12.1 Å². The van der Waals surface area contributed by atoms with E-state index >= 15 is 0 Å². The minimum atomic E-state index is -1.06. The zero-order chi connectivity index (χ0) is 16.0. The van der Waals surface area contributed by atoms with Crippen molar-refractivity contribution < 1.29 is 24.2 Å². The summed E-state index contributed by atoms with van der Waals surface area (Å²) in [5.41, 5.74) is 0.552. The molecule has 1 aromatic carbocycles. The number of benzene rings is 1. The maximum absolute atomic E-state index is 11.8. The topological polar surface area (TPSA) is 76.1 Å². The second-order valence-corrected chi connectivity index (χ2v) is 4.57. The first-order valence-electron chi connectivity index (χ1n) is 6.32. The van der Waals surface area contributed by atoms with E-state index in [2.05, 4.69) is 0 Å². The Bertz CT molecular complexity index is 551. The van der Waals surface area contributed by atoms with Crippen LogP contribution < -0.4 is 9.47 Å². The third-order valence-electron chi connectivity index (χ3n) is 2.72. The molecule has 0 bridgehead atoms. The number of methoxy groups -OCH3 is 1. The Hall–Kier alpha value is -2.50. The highest BCUT2D eigenvalue weighted by Gasteiger charge is 2.18. The van der Waals surface area contributed by atoms with E-state index in [1.165, 1.54) is 18.1 Å². The normalized spacial score (nSPS) is 12.0. The van der Waals surface area contributed by atoms with Crippen molar-refractivity contribution in [2.24, 2.45) is 0 Å². The maximum atomic E-state index is 11.8. The summed E-state index contributed by atoms with van der Waals surface area (Å²) in [6.07, 6.45) is 1.72. The van der Waals surface area contributed by atoms with Crippen LogP contribution in [0.25, 0.3) is 6.08 Å². The van der Waals surface area contributed by atoms with E-state index in [-0.39, 0.29) is 5.91 Å². The molecule has 0 heterocycles. The number of carboxylic acid groups (broad SMARTS) is 1. The van der Waals surface area contributed by atoms with E-state index in [1.54, 1.807) is 39.2 Å². The molecule has 114 valence electrons. The number of ether oxygens (including phenoxy) is 2. The van der Waals surface area contributed by atoms with Crippen LogP contribution >= 0.6 is 0 Å². The van der Waals surface area contributed by atoms with Gasteiger partial charge in [0.1, 0.15) is 11.5 Å². The van der Waals surface area contributed by atoms with Crippen molar-refractivity contribution in [1.29, 1.82) is 0 Å². The summed E-state index contributed by atoms with van der Waals surface area (Å²) in [4.78, 5) is 23.9. The number of nitrogens with zero attached hydrogens (tertiary/aromatic N) is 1. The van der Waals surface area contributed by atoms with Gasteiger partial charge in [-0.1, -0.05) is 0 Å². The number of carboxylic acids is 1. The Labute approximate surface area is 123 Å². The molecule has 1 atom stereocenters. The summed E-state index contributed by atoms with van der Waals surface area (Å²) in [6.45, 7) is 1.63. The molecule has 0 spiro atoms. The van der Waals surface area contributed by atoms with Crippen LogP contribution in [0.4, 0.5) is 0 Å². The Morgan fingerprint density at radius 1 is 1.33 bits per heavy atom. The first kappa shape index (κ1) is 16.6. The van der Waals surface area contributed by atoms with E-state index in [0.717, 1.165) is 6.08 Å². The molecule has 0 saturated carbocycles. The molecule has 1 amide bonds. The average Bonchev–Trinajstić information content (AvgIpc) is 2.44. The zero-order valence-electron chi connectivity index (χ0n) is 12.5. The molecule has 1 unspecified atom stereocenters. The minimum Gasteiger partial charge on any atom is -0.497 e. The van der Waals surface area contributed by atoms with Gasteiger partial charge in [0.2, 0.25) is 0 Å². The lowest BCUT2D eigenvalue weighted by molar-refractivity contribution is -0.135. The van der Waals surface area contributed by atoms with E-state index in [1.807, 2.05) is 0 Å². The monoisotopic (exact) mass is 293 g/mol. The van der Waals surface area contributed by atoms with Crippen molar-refractivity contribution in [3.8, 4) is 11.5 Å². The maximum Gasteiger partial charge on any atom is 0.328 e. The molecular formula is C15H19NO5. The lowest BCUT2D eigenvalue weighted by Crippen LogP contribution is -2.35. The van der Waals surface area contributed by atoms with Crippen molar-refractivity contribution in [3.05, 3.63) is 29.8 Å². The molecule has 0 aliphatic rings. The van der Waals surface area contributed by atoms with Gasteiger partial charge in [0.15, 0.2) is 6.10 Å². The SMILES string of the molecule is COc1ccc(/C=C/C(=O)O)c(OC(C)C(=O)N(C)C)c1. The van der Waals surface area contributed by atoms with Crippen molar-refractivity contribution >= 4 is 18.0 Å². The summed E-state index contributed by atoms with van der Waals surface area (Å²) in [6, 6.07) is 4.97. The summed E-state index contributed by atoms with van der Waals surface area (Å²) in [7, 11) is 4.79. The smallest absolute Gasteiger partial charge is 0.328 e. The molecule has 0 fully saturated rings. The van der Waals surface area contributed by atoms with Crippen molar-refractivity contribution in [2.75, 3.05) is 21.2 Å². The van der Waals surface area contributed by atoms with Gasteiger partial charge in [0, 0.05) is 31.8 Å². The molecule has 0 aliphatic carbocycles. The number of carbonyl (C=O) groups is 2. The molecular weight excluding hydrogens is 274 g/mol. The first-order chi connectivity index (χ1) is 9.85. The van der Waals surface area contributed by atoms with Crippen LogP contribution in [0, 0.1) is 0 Å². The van der Waals surface area contributed by atoms with Crippen LogP contribution in [-0.2, 0) is 9.59 Å². The Morgan fingerprint density at radius 2 is 2.00 bits per heavy atom. The number of carbonyl (C=O) groups excluding carboxylic acids is 1. The summed E-state index contributed by atoms with van der Waals surface area (Å²) in [5, 5.41) is 8.70. The molecule has 0 aliphatic heterocycles. The molecule has 1 N–H and O–H groups in total. The molecule has 21 heavy (non-hydrogen) atoms. The fourth-order valence-corrected chi connectivity index (χ4v) is 1.65. The average molecular weight is 293 g/mol. The zero-order valence-corrected chi connectivity index (χ0v) is 12.5. The highest BCUT2D eigenvalue weighted by molar-refractivity contribution is 5.86. The van der Waals surface area contributed by atoms with Gasteiger partial charge in [0.25, 0.3) is 5.91 Å². The van der Waals surface area contributed by atoms with Crippen molar-refractivity contribution in [1.82, 2.24) is 4.90 Å². The van der Waals surface area contributed by atoms with Crippen molar-refractivity contribution in [2.45, 2.75) is 13.0 Å². The number of hydrogen-bond donors (Lipinski definition) is 1. The molecule has 0 aromatic heterocycles. The highest BCUT2D eigenvalue weighted by atomic mass is 16.5. The van der Waals surface area contributed by atoms with E-state index in [4.69, 9.17) is 14.6 Å². The van der Waals surface area contributed by atoms with Crippen LogP contribution in [0.5, 0.6) is 11.5 Å². The van der Waals surface area contributed by atoms with Crippen LogP contribution in [0.2, 0.25) is 0 Å². The van der Waals surface area contributed by atoms with Gasteiger partial charge in [-0.25, -0.2) is 4.79 Å². The van der Waals surface area contributed by atoms with Gasteiger partial charge in [0.05, 0.1) is 7.11 Å². The Morgan fingerprint density at radius 3 is 2.52 bits per heavy atom. The summed E-state index contributed by atoms with van der Waals surface area (Å²) < 4.78 is 10.7. The number of aliphatic carboxylic acids is 1. The lowest BCUT2D eigenvalue weighted by Gasteiger charge is -2.19. The number of likely N-dealkylation sites (N-methyl/N-ethyl adjacent to an activating group) is 1. The van der Waals surface area contributed by atoms with Gasteiger partial charge >= 0.3 is 5.97 Å². The quantitative estimate of drug-likeness (QED) is 0.807. The fourth-order valence-electron chi connectivity index (χ4n) is 1.65. The van der Waals surface area contributed by atoms with Gasteiger partial charge in [-0.05, 0) is 25.1 Å². The third-order valence-corrected chi connectivity index (χ3v) is 2.72. The molecule has 1 rings (SSSR count). The molecule has 6 heteroatoms. The minimum absolute atomic E-state index is 0.189. The first-order valence-corrected chi connectivity index (χ1v) is 6.32. The standard InChI is InChI=1S/C15H19NO5/c1-10(15(19)16(2)3)21-13-9-12(20-4)7-5-11(13)6-8-14(17)18/h5-10H,1-4H3,(H,17,18)/b8-6+. The van der Waals surface area contributed by atoms with Crippen LogP contribution in [0.3, 0.4) is 0 Å². The molecule has 0 saturated heterocycles. The van der Waals surface area contributed by atoms with Gasteiger partial charge in [-0.15, -0.1) is 0 Å². The summed E-state index contributed by atoms with van der Waals surface area (Å²) >= 11 is 0. The van der Waals surface area contributed by atoms with Crippen LogP contribution in [0.1, 0.15) is 12.5 Å². The third kappa shape index (κ3) is 4.83. The largest absolute Gasteiger partial charge is 0.497 e. The lowest BCUT2D eigenvalue weighted by atomic mass is 10.1. The van der Waals surface area contributed by atoms with E-state index in [0.29, 0.717) is 17.1 Å². The number of hydrogen-bond acceptors (Lipinski definition) is 4. The number of rotatable bonds is 6. The van der Waals surface area contributed by atoms with Gasteiger partial charge in [-0.3, -0.25) is 4.79 Å². The fraction of sp³-hybridized carbons (Fsp3) is 0.333. The predicted molar refractivity (Wildman–Crippen MR) is 78.4 cm³/mol. The van der Waals surface area contributed by atoms with E-state index in [9.17, 15) is 9.59 Å². The predicted octanol–water partition coefficient (Wildman–Crippen LogP) is 1.65. The van der Waals surface area contributed by atoms with Gasteiger partial charge in [-0.2, -0.15) is 0 Å². The highest BCUT2D eigenvalue weighted by Crippen LogP contribution is 2.27.